The molecule has 0 aromatic heterocycles. The number of amides is 2. The first kappa shape index (κ1) is 30.2. The van der Waals surface area contributed by atoms with Gasteiger partial charge in [0.15, 0.2) is 0 Å². The van der Waals surface area contributed by atoms with Crippen LogP contribution in [0.25, 0.3) is 0 Å². The van der Waals surface area contributed by atoms with Crippen molar-refractivity contribution < 1.29 is 18.0 Å². The zero-order valence-electron chi connectivity index (χ0n) is 20.6. The van der Waals surface area contributed by atoms with E-state index < -0.39 is 16.1 Å². The van der Waals surface area contributed by atoms with Crippen molar-refractivity contribution in [3.8, 4) is 0 Å². The van der Waals surface area contributed by atoms with E-state index in [0.29, 0.717) is 16.6 Å². The molecule has 0 bridgehead atoms. The molecule has 0 spiro atoms. The van der Waals surface area contributed by atoms with Crippen LogP contribution in [0.3, 0.4) is 0 Å². The summed E-state index contributed by atoms with van der Waals surface area (Å²) < 4.78 is 26.1. The van der Waals surface area contributed by atoms with Crippen LogP contribution in [0.2, 0.25) is 15.1 Å². The van der Waals surface area contributed by atoms with Gasteiger partial charge in [-0.1, -0.05) is 60.3 Å². The van der Waals surface area contributed by atoms with Gasteiger partial charge in [0.1, 0.15) is 6.04 Å². The predicted octanol–water partition coefficient (Wildman–Crippen LogP) is 5.53. The second-order valence-electron chi connectivity index (χ2n) is 8.51. The topological polar surface area (TPSA) is 86.8 Å². The summed E-state index contributed by atoms with van der Waals surface area (Å²) in [5.41, 5.74) is 1.03. The molecular formula is C25H32Cl3N3O4S. The molecule has 2 aromatic carbocycles. The summed E-state index contributed by atoms with van der Waals surface area (Å²) in [7, 11) is -3.68. The van der Waals surface area contributed by atoms with Gasteiger partial charge in [0, 0.05) is 36.1 Å². The number of benzene rings is 2. The Morgan fingerprint density at radius 1 is 1.03 bits per heavy atom. The lowest BCUT2D eigenvalue weighted by atomic mass is 10.1. The molecule has 1 atom stereocenters. The number of hydrogen-bond donors (Lipinski definition) is 1. The summed E-state index contributed by atoms with van der Waals surface area (Å²) >= 11 is 18.4. The van der Waals surface area contributed by atoms with Crippen LogP contribution in [-0.4, -0.2) is 50.5 Å². The zero-order chi connectivity index (χ0) is 26.9. The fourth-order valence-electron chi connectivity index (χ4n) is 3.61. The molecule has 1 N–H and O–H groups in total. The van der Waals surface area contributed by atoms with Crippen molar-refractivity contribution in [1.29, 1.82) is 0 Å². The maximum absolute atomic E-state index is 13.3. The van der Waals surface area contributed by atoms with Gasteiger partial charge in [-0.25, -0.2) is 8.42 Å². The van der Waals surface area contributed by atoms with Crippen molar-refractivity contribution >= 4 is 62.3 Å². The highest BCUT2D eigenvalue weighted by Gasteiger charge is 2.27. The number of hydrogen-bond acceptors (Lipinski definition) is 4. The van der Waals surface area contributed by atoms with Gasteiger partial charge >= 0.3 is 0 Å². The second kappa shape index (κ2) is 14.1. The average molecular weight is 577 g/mol. The van der Waals surface area contributed by atoms with Gasteiger partial charge in [-0.2, -0.15) is 0 Å². The average Bonchev–Trinajstić information content (AvgIpc) is 2.81. The van der Waals surface area contributed by atoms with Crippen LogP contribution in [0, 0.1) is 0 Å². The standard InChI is InChI=1S/C25H32Cl3N3O4S/c1-4-5-13-29-25(33)18(2)30(17-19-8-6-9-20(26)15-19)24(32)10-7-14-31(36(3,34)35)23-16-21(27)11-12-22(23)28/h6,8-9,11-12,15-16,18H,4-5,7,10,13-14,17H2,1-3H3,(H,29,33)/t18-/m0/s1. The molecule has 2 rings (SSSR count). The Morgan fingerprint density at radius 3 is 2.36 bits per heavy atom. The number of halogens is 3. The summed E-state index contributed by atoms with van der Waals surface area (Å²) in [6.45, 7) is 4.45. The maximum Gasteiger partial charge on any atom is 0.242 e. The molecule has 0 saturated heterocycles. The summed E-state index contributed by atoms with van der Waals surface area (Å²) in [5, 5.41) is 3.97. The number of anilines is 1. The summed E-state index contributed by atoms with van der Waals surface area (Å²) in [5.74, 6) is -0.527. The molecule has 36 heavy (non-hydrogen) atoms. The van der Waals surface area contributed by atoms with E-state index >= 15 is 0 Å². The van der Waals surface area contributed by atoms with E-state index in [0.717, 1.165) is 29.0 Å². The number of nitrogens with zero attached hydrogens (tertiary/aromatic N) is 2. The van der Waals surface area contributed by atoms with Crippen LogP contribution in [0.1, 0.15) is 45.1 Å². The number of sulfonamides is 1. The fourth-order valence-corrected chi connectivity index (χ4v) is 5.23. The molecule has 0 aliphatic heterocycles. The molecule has 0 saturated carbocycles. The van der Waals surface area contributed by atoms with Gasteiger partial charge in [0.2, 0.25) is 21.8 Å². The van der Waals surface area contributed by atoms with Crippen LogP contribution in [0.4, 0.5) is 5.69 Å². The quantitative estimate of drug-likeness (QED) is 0.318. The van der Waals surface area contributed by atoms with Crippen LogP contribution >= 0.6 is 34.8 Å². The van der Waals surface area contributed by atoms with Crippen molar-refractivity contribution in [3.05, 3.63) is 63.1 Å². The highest BCUT2D eigenvalue weighted by Crippen LogP contribution is 2.31. The lowest BCUT2D eigenvalue weighted by Gasteiger charge is -2.29. The Bertz CT molecular complexity index is 1160. The van der Waals surface area contributed by atoms with Gasteiger partial charge in [0.25, 0.3) is 0 Å². The van der Waals surface area contributed by atoms with Crippen LogP contribution < -0.4 is 9.62 Å². The van der Waals surface area contributed by atoms with Gasteiger partial charge in [0.05, 0.1) is 17.0 Å². The molecule has 0 fully saturated rings. The van der Waals surface area contributed by atoms with Crippen molar-refractivity contribution in [2.75, 3.05) is 23.7 Å². The third kappa shape index (κ3) is 9.14. The van der Waals surface area contributed by atoms with Crippen molar-refractivity contribution in [1.82, 2.24) is 10.2 Å². The second-order valence-corrected chi connectivity index (χ2v) is 11.7. The van der Waals surface area contributed by atoms with Gasteiger partial charge in [-0.3, -0.25) is 13.9 Å². The Balaban J connectivity index is 2.18. The summed E-state index contributed by atoms with van der Waals surface area (Å²) in [6, 6.07) is 10.9. The first-order valence-corrected chi connectivity index (χ1v) is 14.7. The third-order valence-electron chi connectivity index (χ3n) is 5.57. The molecule has 11 heteroatoms. The molecule has 198 valence electrons. The van der Waals surface area contributed by atoms with Gasteiger partial charge in [-0.05, 0) is 55.7 Å². The summed E-state index contributed by atoms with van der Waals surface area (Å²) in [6.07, 6.45) is 3.09. The smallest absolute Gasteiger partial charge is 0.242 e. The maximum atomic E-state index is 13.3. The first-order valence-electron chi connectivity index (χ1n) is 11.7. The lowest BCUT2D eigenvalue weighted by molar-refractivity contribution is -0.140. The number of carbonyl (C=O) groups is 2. The van der Waals surface area contributed by atoms with Crippen LogP contribution in [0.15, 0.2) is 42.5 Å². The van der Waals surface area contributed by atoms with Gasteiger partial charge < -0.3 is 10.2 Å². The number of nitrogens with one attached hydrogen (secondary N) is 1. The molecule has 2 aromatic rings. The largest absolute Gasteiger partial charge is 0.354 e. The molecule has 0 radical (unpaired) electrons. The Morgan fingerprint density at radius 2 is 1.72 bits per heavy atom. The van der Waals surface area contributed by atoms with E-state index in [4.69, 9.17) is 34.8 Å². The fraction of sp³-hybridized carbons (Fsp3) is 0.440. The first-order chi connectivity index (χ1) is 16.9. The zero-order valence-corrected chi connectivity index (χ0v) is 23.7. The van der Waals surface area contributed by atoms with Gasteiger partial charge in [-0.15, -0.1) is 0 Å². The van der Waals surface area contributed by atoms with E-state index in [2.05, 4.69) is 5.32 Å². The SMILES string of the molecule is CCCCNC(=O)[C@H](C)N(Cc1cccc(Cl)c1)C(=O)CCCN(c1cc(Cl)ccc1Cl)S(C)(=O)=O. The van der Waals surface area contributed by atoms with E-state index in [1.807, 2.05) is 13.0 Å². The Labute approximate surface area is 228 Å². The Kier molecular flexibility index (Phi) is 11.8. The number of rotatable bonds is 13. The molecule has 0 aliphatic rings. The molecule has 0 heterocycles. The molecule has 2 amide bonds. The van der Waals surface area contributed by atoms with E-state index in [9.17, 15) is 18.0 Å². The minimum Gasteiger partial charge on any atom is -0.354 e. The minimum absolute atomic E-state index is 0.0206. The normalized spacial score (nSPS) is 12.2. The van der Waals surface area contributed by atoms with Crippen molar-refractivity contribution in [3.63, 3.8) is 0 Å². The predicted molar refractivity (Wildman–Crippen MR) is 147 cm³/mol. The van der Waals surface area contributed by atoms with Crippen LogP contribution in [-0.2, 0) is 26.2 Å². The van der Waals surface area contributed by atoms with Crippen molar-refractivity contribution in [2.45, 2.75) is 52.1 Å². The highest BCUT2D eigenvalue weighted by atomic mass is 35.5. The molecular weight excluding hydrogens is 545 g/mol. The van der Waals surface area contributed by atoms with E-state index in [1.165, 1.54) is 17.0 Å². The molecule has 7 nitrogen and oxygen atoms in total. The van der Waals surface area contributed by atoms with E-state index in [-0.39, 0.29) is 48.5 Å². The third-order valence-corrected chi connectivity index (χ3v) is 7.54. The number of unbranched alkanes of at least 4 members (excludes halogenated alkanes) is 1. The molecule has 0 unspecified atom stereocenters. The summed E-state index contributed by atoms with van der Waals surface area (Å²) in [4.78, 5) is 27.5. The number of carbonyl (C=O) groups excluding carboxylic acids is 2. The lowest BCUT2D eigenvalue weighted by Crippen LogP contribution is -2.48. The minimum atomic E-state index is -3.68. The van der Waals surface area contributed by atoms with E-state index in [1.54, 1.807) is 31.2 Å². The monoisotopic (exact) mass is 575 g/mol. The Hall–Kier alpha value is -2.00. The molecule has 0 aliphatic carbocycles. The van der Waals surface area contributed by atoms with Crippen molar-refractivity contribution in [2.24, 2.45) is 0 Å². The van der Waals surface area contributed by atoms with Crippen LogP contribution in [0.5, 0.6) is 0 Å². The highest BCUT2D eigenvalue weighted by molar-refractivity contribution is 7.92.